The number of alkyl halides is 3. The summed E-state index contributed by atoms with van der Waals surface area (Å²) < 4.78 is 4.13. The Labute approximate surface area is 168 Å². The molecule has 2 aromatic carbocycles. The second-order valence-electron chi connectivity index (χ2n) is 6.80. The molecule has 2 N–H and O–H groups in total. The second-order valence-corrected chi connectivity index (χ2v) is 9.17. The molecule has 1 aliphatic rings. The molecule has 0 radical (unpaired) electrons. The first-order valence-corrected chi connectivity index (χ1v) is 9.74. The summed E-state index contributed by atoms with van der Waals surface area (Å²) >= 11 is 18.7. The van der Waals surface area contributed by atoms with Crippen molar-refractivity contribution in [2.75, 3.05) is 13.1 Å². The molecular weight excluding hydrogens is 395 g/mol. The second kappa shape index (κ2) is 7.91. The minimum absolute atomic E-state index is 0.0260. The fourth-order valence-corrected chi connectivity index (χ4v) is 4.22. The summed E-state index contributed by atoms with van der Waals surface area (Å²) in [7, 11) is 0. The Kier molecular flexibility index (Phi) is 6.00. The number of ether oxygens (including phenoxy) is 1. The molecule has 1 fully saturated rings. The van der Waals surface area contributed by atoms with Crippen molar-refractivity contribution in [3.05, 3.63) is 48.0 Å². The normalized spacial score (nSPS) is 25.0. The van der Waals surface area contributed by atoms with Crippen molar-refractivity contribution in [1.29, 1.82) is 0 Å². The van der Waals surface area contributed by atoms with Crippen molar-refractivity contribution in [3.8, 4) is 0 Å². The van der Waals surface area contributed by atoms with Crippen LogP contribution in [0.4, 0.5) is 0 Å². The highest BCUT2D eigenvalue weighted by Crippen LogP contribution is 2.28. The molecule has 3 atom stereocenters. The van der Waals surface area contributed by atoms with Crippen molar-refractivity contribution in [1.82, 2.24) is 5.32 Å². The molecule has 4 nitrogen and oxygen atoms in total. The SMILES string of the molecule is C[C@@H]1C[NH+]([C@H](NC(=O)c2cccc3ccccc23)C(Cl)(Cl)Cl)C[C@@H](C)O1. The third-order valence-corrected chi connectivity index (χ3v) is 5.26. The summed E-state index contributed by atoms with van der Waals surface area (Å²) in [6.07, 6.45) is -0.621. The summed E-state index contributed by atoms with van der Waals surface area (Å²) in [5.41, 5.74) is 0.566. The number of rotatable bonds is 3. The van der Waals surface area contributed by atoms with E-state index in [1.807, 2.05) is 50.2 Å². The Morgan fingerprint density at radius 2 is 1.73 bits per heavy atom. The van der Waals surface area contributed by atoms with E-state index in [9.17, 15) is 4.79 Å². The third-order valence-electron chi connectivity index (χ3n) is 4.61. The van der Waals surface area contributed by atoms with Crippen LogP contribution in [0, 0.1) is 0 Å². The molecule has 0 aliphatic carbocycles. The summed E-state index contributed by atoms with van der Waals surface area (Å²) in [5, 5.41) is 4.81. The van der Waals surface area contributed by atoms with Gasteiger partial charge < -0.3 is 9.64 Å². The molecule has 0 bridgehead atoms. The van der Waals surface area contributed by atoms with E-state index >= 15 is 0 Å². The Hall–Kier alpha value is -1.04. The Morgan fingerprint density at radius 3 is 2.38 bits per heavy atom. The molecule has 0 unspecified atom stereocenters. The molecule has 1 heterocycles. The van der Waals surface area contributed by atoms with Gasteiger partial charge in [0.2, 0.25) is 6.17 Å². The van der Waals surface area contributed by atoms with Gasteiger partial charge in [0, 0.05) is 5.56 Å². The summed E-state index contributed by atoms with van der Waals surface area (Å²) in [6, 6.07) is 13.3. The van der Waals surface area contributed by atoms with Gasteiger partial charge in [-0.1, -0.05) is 71.2 Å². The average molecular weight is 417 g/mol. The van der Waals surface area contributed by atoms with Gasteiger partial charge in [-0.2, -0.15) is 0 Å². The highest BCUT2D eigenvalue weighted by Gasteiger charge is 2.45. The van der Waals surface area contributed by atoms with Gasteiger partial charge in [-0.25, -0.2) is 0 Å². The molecule has 3 rings (SSSR count). The fraction of sp³-hybridized carbons (Fsp3) is 0.421. The van der Waals surface area contributed by atoms with Crippen molar-refractivity contribution in [2.24, 2.45) is 0 Å². The van der Waals surface area contributed by atoms with Crippen LogP contribution in [-0.2, 0) is 4.74 Å². The molecule has 1 saturated heterocycles. The number of carbonyl (C=O) groups is 1. The molecule has 26 heavy (non-hydrogen) atoms. The molecule has 0 spiro atoms. The van der Waals surface area contributed by atoms with E-state index in [0.29, 0.717) is 18.7 Å². The van der Waals surface area contributed by atoms with Crippen LogP contribution >= 0.6 is 34.8 Å². The van der Waals surface area contributed by atoms with Crippen LogP contribution < -0.4 is 10.2 Å². The van der Waals surface area contributed by atoms with E-state index in [-0.39, 0.29) is 18.1 Å². The number of nitrogens with one attached hydrogen (secondary N) is 2. The van der Waals surface area contributed by atoms with Gasteiger partial charge >= 0.3 is 0 Å². The van der Waals surface area contributed by atoms with E-state index < -0.39 is 9.96 Å². The monoisotopic (exact) mass is 415 g/mol. The summed E-state index contributed by atoms with van der Waals surface area (Å²) in [6.45, 7) is 5.27. The molecule has 0 aromatic heterocycles. The molecule has 0 saturated carbocycles. The highest BCUT2D eigenvalue weighted by molar-refractivity contribution is 6.68. The van der Waals surface area contributed by atoms with Crippen LogP contribution in [-0.4, -0.2) is 41.2 Å². The topological polar surface area (TPSA) is 42.8 Å². The maximum absolute atomic E-state index is 13.0. The maximum atomic E-state index is 13.0. The maximum Gasteiger partial charge on any atom is 0.262 e. The van der Waals surface area contributed by atoms with E-state index in [1.54, 1.807) is 6.07 Å². The lowest BCUT2D eigenvalue weighted by Gasteiger charge is -2.39. The minimum Gasteiger partial charge on any atom is -0.364 e. The zero-order chi connectivity index (χ0) is 18.9. The first kappa shape index (κ1) is 19.7. The molecule has 140 valence electrons. The lowest BCUT2D eigenvalue weighted by Crippen LogP contribution is -3.22. The van der Waals surface area contributed by atoms with Crippen molar-refractivity contribution in [2.45, 2.75) is 36.0 Å². The Bertz CT molecular complexity index is 778. The Balaban J connectivity index is 1.88. The van der Waals surface area contributed by atoms with Gasteiger partial charge in [0.15, 0.2) is 0 Å². The summed E-state index contributed by atoms with van der Waals surface area (Å²) in [5.74, 6) is -0.252. The largest absolute Gasteiger partial charge is 0.364 e. The lowest BCUT2D eigenvalue weighted by molar-refractivity contribution is -0.941. The molecule has 2 aromatic rings. The number of quaternary nitrogens is 1. The lowest BCUT2D eigenvalue weighted by atomic mass is 10.0. The smallest absolute Gasteiger partial charge is 0.262 e. The number of carbonyl (C=O) groups excluding carboxylic acids is 1. The predicted molar refractivity (Wildman–Crippen MR) is 106 cm³/mol. The first-order valence-electron chi connectivity index (χ1n) is 8.61. The molecule has 7 heteroatoms. The fourth-order valence-electron chi connectivity index (χ4n) is 3.60. The summed E-state index contributed by atoms with van der Waals surface area (Å²) in [4.78, 5) is 14.0. The number of amides is 1. The van der Waals surface area contributed by atoms with Crippen molar-refractivity contribution >= 4 is 51.5 Å². The van der Waals surface area contributed by atoms with Gasteiger partial charge in [0.1, 0.15) is 25.3 Å². The minimum atomic E-state index is -1.63. The number of halogens is 3. The first-order chi connectivity index (χ1) is 12.3. The van der Waals surface area contributed by atoms with Gasteiger partial charge in [0.25, 0.3) is 9.70 Å². The van der Waals surface area contributed by atoms with Gasteiger partial charge in [-0.15, -0.1) is 0 Å². The number of morpholine rings is 1. The molecule has 1 amide bonds. The number of fused-ring (bicyclic) bond motifs is 1. The van der Waals surface area contributed by atoms with Crippen LogP contribution in [0.2, 0.25) is 0 Å². The predicted octanol–water partition coefficient (Wildman–Crippen LogP) is 2.96. The zero-order valence-electron chi connectivity index (χ0n) is 14.6. The number of hydrogen-bond donors (Lipinski definition) is 2. The van der Waals surface area contributed by atoms with Crippen LogP contribution in [0.3, 0.4) is 0 Å². The van der Waals surface area contributed by atoms with E-state index in [0.717, 1.165) is 15.7 Å². The van der Waals surface area contributed by atoms with Crippen LogP contribution in [0.25, 0.3) is 10.8 Å². The highest BCUT2D eigenvalue weighted by atomic mass is 35.6. The zero-order valence-corrected chi connectivity index (χ0v) is 16.9. The Morgan fingerprint density at radius 1 is 1.12 bits per heavy atom. The van der Waals surface area contributed by atoms with E-state index in [1.165, 1.54) is 0 Å². The number of hydrogen-bond acceptors (Lipinski definition) is 2. The number of benzene rings is 2. The molecule has 1 aliphatic heterocycles. The van der Waals surface area contributed by atoms with Crippen LogP contribution in [0.1, 0.15) is 24.2 Å². The quantitative estimate of drug-likeness (QED) is 0.756. The van der Waals surface area contributed by atoms with Crippen molar-refractivity contribution < 1.29 is 14.4 Å². The van der Waals surface area contributed by atoms with Gasteiger partial charge in [-0.3, -0.25) is 10.1 Å². The standard InChI is InChI=1S/C19H21Cl3N2O2/c1-12-10-24(11-13(2)26-12)18(19(20,21)22)23-17(25)16-9-5-7-14-6-3-4-8-15(14)16/h3-9,12-13,18H,10-11H2,1-2H3,(H,23,25)/p+1/t12-,13-,18+/m1/s1. The third kappa shape index (κ3) is 4.44. The molecular formula is C19H22Cl3N2O2+. The van der Waals surface area contributed by atoms with E-state index in [2.05, 4.69) is 5.32 Å². The van der Waals surface area contributed by atoms with Crippen molar-refractivity contribution in [3.63, 3.8) is 0 Å². The average Bonchev–Trinajstić information content (AvgIpc) is 2.57. The van der Waals surface area contributed by atoms with Gasteiger partial charge in [-0.05, 0) is 30.7 Å². The van der Waals surface area contributed by atoms with Crippen LogP contribution in [0.5, 0.6) is 0 Å². The van der Waals surface area contributed by atoms with E-state index in [4.69, 9.17) is 39.5 Å². The van der Waals surface area contributed by atoms with Crippen LogP contribution in [0.15, 0.2) is 42.5 Å². The van der Waals surface area contributed by atoms with Gasteiger partial charge in [0.05, 0.1) is 0 Å².